The van der Waals surface area contributed by atoms with Gasteiger partial charge in [-0.2, -0.15) is 0 Å². The maximum atomic E-state index is 12.2. The molecular formula is C15H21ClNO4P. The Hall–Kier alpha value is -1.03. The molecule has 0 aliphatic heterocycles. The molecule has 0 saturated heterocycles. The van der Waals surface area contributed by atoms with Gasteiger partial charge in [-0.25, -0.2) is 9.65 Å². The number of carbonyl (C=O) groups is 1. The molecule has 0 spiro atoms. The van der Waals surface area contributed by atoms with Crippen molar-refractivity contribution in [2.24, 2.45) is 0 Å². The molecular weight excluding hydrogens is 325 g/mol. The van der Waals surface area contributed by atoms with Gasteiger partial charge in [0.15, 0.2) is 0 Å². The van der Waals surface area contributed by atoms with Crippen LogP contribution in [0.3, 0.4) is 0 Å². The van der Waals surface area contributed by atoms with Crippen molar-refractivity contribution in [3.8, 4) is 5.75 Å². The van der Waals surface area contributed by atoms with E-state index in [9.17, 15) is 9.36 Å². The fraction of sp³-hybridized carbons (Fsp3) is 0.533. The zero-order chi connectivity index (χ0) is 16.0. The first-order valence-corrected chi connectivity index (χ1v) is 10.0. The summed E-state index contributed by atoms with van der Waals surface area (Å²) in [6, 6.07) is 7.78. The highest BCUT2D eigenvalue weighted by Crippen LogP contribution is 2.48. The van der Waals surface area contributed by atoms with Crippen molar-refractivity contribution in [2.45, 2.75) is 51.2 Å². The third-order valence-corrected chi connectivity index (χ3v) is 5.14. The van der Waals surface area contributed by atoms with E-state index in [-0.39, 0.29) is 6.10 Å². The van der Waals surface area contributed by atoms with E-state index in [0.717, 1.165) is 25.7 Å². The molecule has 1 N–H and O–H groups in total. The Bertz CT molecular complexity index is 534. The molecule has 7 heteroatoms. The van der Waals surface area contributed by atoms with Gasteiger partial charge in [-0.1, -0.05) is 24.6 Å². The van der Waals surface area contributed by atoms with Crippen LogP contribution in [0.5, 0.6) is 5.75 Å². The van der Waals surface area contributed by atoms with Gasteiger partial charge in [0.1, 0.15) is 17.9 Å². The normalized spacial score (nSPS) is 19.9. The second-order valence-corrected chi connectivity index (χ2v) is 8.17. The summed E-state index contributed by atoms with van der Waals surface area (Å²) in [5, 5.41) is 2.52. The predicted octanol–water partition coefficient (Wildman–Crippen LogP) is 4.27. The van der Waals surface area contributed by atoms with Crippen LogP contribution in [0.2, 0.25) is 0 Å². The van der Waals surface area contributed by atoms with E-state index in [1.807, 2.05) is 6.07 Å². The minimum Gasteiger partial charge on any atom is -0.461 e. The summed E-state index contributed by atoms with van der Waals surface area (Å²) in [4.78, 5) is 12.0. The number of para-hydroxylation sites is 1. The van der Waals surface area contributed by atoms with E-state index in [1.54, 1.807) is 31.2 Å². The van der Waals surface area contributed by atoms with E-state index >= 15 is 0 Å². The van der Waals surface area contributed by atoms with Gasteiger partial charge in [0.05, 0.1) is 0 Å². The molecule has 122 valence electrons. The number of esters is 1. The molecule has 0 radical (unpaired) electrons. The van der Waals surface area contributed by atoms with E-state index in [1.165, 1.54) is 6.42 Å². The van der Waals surface area contributed by atoms with Gasteiger partial charge in [0.25, 0.3) is 0 Å². The number of nitrogens with one attached hydrogen (secondary N) is 1. The molecule has 1 aromatic carbocycles. The number of ether oxygens (including phenoxy) is 1. The predicted molar refractivity (Wildman–Crippen MR) is 86.1 cm³/mol. The Kier molecular flexibility index (Phi) is 6.30. The van der Waals surface area contributed by atoms with Gasteiger partial charge in [0, 0.05) is 11.2 Å². The van der Waals surface area contributed by atoms with Gasteiger partial charge < -0.3 is 9.26 Å². The number of benzene rings is 1. The fourth-order valence-corrected chi connectivity index (χ4v) is 4.07. The van der Waals surface area contributed by atoms with Gasteiger partial charge in [-0.05, 0) is 44.7 Å². The maximum Gasteiger partial charge on any atom is 0.409 e. The van der Waals surface area contributed by atoms with Crippen molar-refractivity contribution in [3.05, 3.63) is 30.3 Å². The standard InChI is InChI=1S/C15H21ClNO4P/c1-12(15(18)20-13-8-4-2-5-9-13)17-22(16,19)21-14-10-6-3-7-11-14/h3,6-7,10-13H,2,4-5,8-9H2,1H3,(H,17,19)/t12-,22?/m1/s1. The molecule has 1 fully saturated rings. The van der Waals surface area contributed by atoms with Crippen molar-refractivity contribution in [3.63, 3.8) is 0 Å². The third kappa shape index (κ3) is 5.64. The Balaban J connectivity index is 1.85. The Morgan fingerprint density at radius 2 is 1.91 bits per heavy atom. The van der Waals surface area contributed by atoms with Crippen molar-refractivity contribution in [2.75, 3.05) is 0 Å². The van der Waals surface area contributed by atoms with Crippen LogP contribution in [0.1, 0.15) is 39.0 Å². The second kappa shape index (κ2) is 8.00. The molecule has 5 nitrogen and oxygen atoms in total. The van der Waals surface area contributed by atoms with Crippen molar-refractivity contribution in [1.29, 1.82) is 0 Å². The van der Waals surface area contributed by atoms with Gasteiger partial charge in [-0.15, -0.1) is 0 Å². The topological polar surface area (TPSA) is 64.6 Å². The van der Waals surface area contributed by atoms with Crippen LogP contribution in [0.25, 0.3) is 0 Å². The summed E-state index contributed by atoms with van der Waals surface area (Å²) in [5.41, 5.74) is 0. The lowest BCUT2D eigenvalue weighted by Gasteiger charge is -2.24. The third-order valence-electron chi connectivity index (χ3n) is 3.50. The number of carbonyl (C=O) groups excluding carboxylic acids is 1. The summed E-state index contributed by atoms with van der Waals surface area (Å²) in [5.74, 6) is -0.0781. The second-order valence-electron chi connectivity index (χ2n) is 5.43. The van der Waals surface area contributed by atoms with E-state index in [0.29, 0.717) is 5.75 Å². The molecule has 0 amide bonds. The van der Waals surface area contributed by atoms with Crippen LogP contribution in [-0.2, 0) is 14.1 Å². The molecule has 1 unspecified atom stereocenters. The van der Waals surface area contributed by atoms with Crippen molar-refractivity contribution >= 4 is 24.1 Å². The lowest BCUT2D eigenvalue weighted by Crippen LogP contribution is -2.36. The molecule has 1 aromatic rings. The van der Waals surface area contributed by atoms with Crippen molar-refractivity contribution in [1.82, 2.24) is 5.09 Å². The zero-order valence-electron chi connectivity index (χ0n) is 12.5. The molecule has 22 heavy (non-hydrogen) atoms. The minimum absolute atomic E-state index is 0.0461. The fourth-order valence-electron chi connectivity index (χ4n) is 2.38. The smallest absolute Gasteiger partial charge is 0.409 e. The van der Waals surface area contributed by atoms with Crippen LogP contribution in [0.4, 0.5) is 0 Å². The molecule has 1 aliphatic carbocycles. The maximum absolute atomic E-state index is 12.2. The van der Waals surface area contributed by atoms with Gasteiger partial charge >= 0.3 is 12.8 Å². The highest BCUT2D eigenvalue weighted by atomic mass is 35.7. The molecule has 1 saturated carbocycles. The monoisotopic (exact) mass is 345 g/mol. The summed E-state index contributed by atoms with van der Waals surface area (Å²) in [6.45, 7) is -2.09. The average Bonchev–Trinajstić information content (AvgIpc) is 2.48. The summed E-state index contributed by atoms with van der Waals surface area (Å²) >= 11 is 5.87. The van der Waals surface area contributed by atoms with E-state index in [4.69, 9.17) is 20.5 Å². The molecule has 0 bridgehead atoms. The molecule has 2 atom stereocenters. The summed E-state index contributed by atoms with van der Waals surface area (Å²) in [6.07, 6.45) is 5.06. The van der Waals surface area contributed by atoms with E-state index in [2.05, 4.69) is 5.09 Å². The van der Waals surface area contributed by atoms with Crippen LogP contribution in [0.15, 0.2) is 30.3 Å². The first kappa shape index (κ1) is 17.3. The number of hydrogen-bond acceptors (Lipinski definition) is 4. The van der Waals surface area contributed by atoms with Crippen molar-refractivity contribution < 1.29 is 18.6 Å². The number of hydrogen-bond donors (Lipinski definition) is 1. The highest BCUT2D eigenvalue weighted by molar-refractivity contribution is 7.84. The van der Waals surface area contributed by atoms with Crippen LogP contribution < -0.4 is 9.61 Å². The summed E-state index contributed by atoms with van der Waals surface area (Å²) in [7, 11) is 0. The van der Waals surface area contributed by atoms with Gasteiger partial charge in [-0.3, -0.25) is 4.79 Å². The molecule has 0 heterocycles. The lowest BCUT2D eigenvalue weighted by atomic mass is 9.98. The lowest BCUT2D eigenvalue weighted by molar-refractivity contribution is -0.152. The largest absolute Gasteiger partial charge is 0.461 e. The van der Waals surface area contributed by atoms with Crippen LogP contribution in [-0.4, -0.2) is 18.1 Å². The first-order chi connectivity index (χ1) is 10.5. The SMILES string of the molecule is C[C@@H](NP(=O)(Cl)Oc1ccccc1)C(=O)OC1CCCCC1. The zero-order valence-corrected chi connectivity index (χ0v) is 14.2. The average molecular weight is 346 g/mol. The van der Waals surface area contributed by atoms with E-state index < -0.39 is 18.9 Å². The van der Waals surface area contributed by atoms with Crippen LogP contribution in [0, 0.1) is 0 Å². The highest BCUT2D eigenvalue weighted by Gasteiger charge is 2.29. The molecule has 2 rings (SSSR count). The first-order valence-electron chi connectivity index (χ1n) is 7.49. The quantitative estimate of drug-likeness (QED) is 0.616. The Morgan fingerprint density at radius 1 is 1.27 bits per heavy atom. The Morgan fingerprint density at radius 3 is 2.55 bits per heavy atom. The molecule has 1 aliphatic rings. The number of rotatable bonds is 6. The minimum atomic E-state index is -3.66. The van der Waals surface area contributed by atoms with Gasteiger partial charge in [0.2, 0.25) is 0 Å². The van der Waals surface area contributed by atoms with Crippen LogP contribution >= 0.6 is 18.1 Å². The number of halogens is 1. The Labute approximate surface area is 135 Å². The molecule has 0 aromatic heterocycles. The summed E-state index contributed by atoms with van der Waals surface area (Å²) < 4.78 is 22.8.